The van der Waals surface area contributed by atoms with Crippen molar-refractivity contribution in [2.24, 2.45) is 0 Å². The minimum atomic E-state index is -4.87. The van der Waals surface area contributed by atoms with Crippen molar-refractivity contribution in [3.63, 3.8) is 0 Å². The molecule has 10 heteroatoms. The maximum atomic E-state index is 12.2. The summed E-state index contributed by atoms with van der Waals surface area (Å²) in [7, 11) is -3.90. The van der Waals surface area contributed by atoms with Gasteiger partial charge in [-0.05, 0) is 38.9 Å². The van der Waals surface area contributed by atoms with Crippen molar-refractivity contribution in [2.75, 3.05) is 26.2 Å². The highest BCUT2D eigenvalue weighted by Crippen LogP contribution is 2.24. The second-order valence-corrected chi connectivity index (χ2v) is 8.06. The van der Waals surface area contributed by atoms with Crippen LogP contribution in [0, 0.1) is 0 Å². The summed E-state index contributed by atoms with van der Waals surface area (Å²) in [6.45, 7) is 6.44. The summed E-state index contributed by atoms with van der Waals surface area (Å²) in [6, 6.07) is 4.32. The molecule has 6 nitrogen and oxygen atoms in total. The molecule has 1 saturated heterocycles. The maximum Gasteiger partial charge on any atom is 0.573 e. The first-order valence-corrected chi connectivity index (χ1v) is 9.77. The summed E-state index contributed by atoms with van der Waals surface area (Å²) in [4.78, 5) is 1.93. The maximum absolute atomic E-state index is 12.2. The minimum absolute atomic E-state index is 0.131. The third-order valence-corrected chi connectivity index (χ3v) is 5.25. The van der Waals surface area contributed by atoms with Crippen LogP contribution in [0.3, 0.4) is 0 Å². The molecule has 1 aromatic carbocycles. The summed E-state index contributed by atoms with van der Waals surface area (Å²) in [5, 5.41) is 0. The molecule has 1 aliphatic rings. The first-order valence-electron chi connectivity index (χ1n) is 8.28. The third kappa shape index (κ3) is 6.75. The van der Waals surface area contributed by atoms with Crippen molar-refractivity contribution in [1.29, 1.82) is 0 Å². The average Bonchev–Trinajstić information content (AvgIpc) is 2.49. The second kappa shape index (κ2) is 8.55. The highest BCUT2D eigenvalue weighted by Gasteiger charge is 2.31. The van der Waals surface area contributed by atoms with E-state index in [0.29, 0.717) is 13.0 Å². The molecular weight excluding hydrogens is 373 g/mol. The van der Waals surface area contributed by atoms with Gasteiger partial charge in [0.25, 0.3) is 0 Å². The van der Waals surface area contributed by atoms with Crippen molar-refractivity contribution in [3.8, 4) is 5.75 Å². The van der Waals surface area contributed by atoms with E-state index in [1.54, 1.807) is 0 Å². The number of benzene rings is 1. The summed E-state index contributed by atoms with van der Waals surface area (Å²) >= 11 is 0. The highest BCUT2D eigenvalue weighted by atomic mass is 32.2. The lowest BCUT2D eigenvalue weighted by atomic mass is 10.2. The fourth-order valence-electron chi connectivity index (χ4n) is 2.90. The predicted octanol–water partition coefficient (Wildman–Crippen LogP) is 2.36. The van der Waals surface area contributed by atoms with Crippen molar-refractivity contribution in [3.05, 3.63) is 24.3 Å². The van der Waals surface area contributed by atoms with Gasteiger partial charge in [0.1, 0.15) is 5.75 Å². The molecule has 26 heavy (non-hydrogen) atoms. The van der Waals surface area contributed by atoms with Gasteiger partial charge in [0.05, 0.1) is 17.1 Å². The molecule has 0 aromatic heterocycles. The molecule has 0 radical (unpaired) electrons. The number of rotatable bonds is 7. The van der Waals surface area contributed by atoms with Gasteiger partial charge in [0.2, 0.25) is 10.0 Å². The molecule has 0 saturated carbocycles. The number of ether oxygens (including phenoxy) is 2. The number of alkyl halides is 3. The summed E-state index contributed by atoms with van der Waals surface area (Å²) < 4.78 is 73.0. The molecule has 1 aliphatic heterocycles. The zero-order valence-electron chi connectivity index (χ0n) is 14.6. The lowest BCUT2D eigenvalue weighted by Crippen LogP contribution is -2.46. The van der Waals surface area contributed by atoms with Crippen LogP contribution in [0.15, 0.2) is 29.2 Å². The summed E-state index contributed by atoms with van der Waals surface area (Å²) in [6.07, 6.45) is -4.03. The van der Waals surface area contributed by atoms with E-state index in [-0.39, 0.29) is 23.6 Å². The van der Waals surface area contributed by atoms with Crippen LogP contribution in [0.2, 0.25) is 0 Å². The quantitative estimate of drug-likeness (QED) is 0.717. The minimum Gasteiger partial charge on any atom is -0.406 e. The second-order valence-electron chi connectivity index (χ2n) is 6.29. The molecule has 1 fully saturated rings. The fourth-order valence-corrected chi connectivity index (χ4v) is 4.01. The Balaban J connectivity index is 1.86. The standard InChI is InChI=1S/C16H23F3N2O4S/c1-12-10-21(11-13(2)24-12)8-4-7-20-26(22,23)15-6-3-5-14(9-15)25-16(17,18)19/h3,5-6,9,12-13,20H,4,7-8,10-11H2,1-2H3. The van der Waals surface area contributed by atoms with E-state index < -0.39 is 22.1 Å². The van der Waals surface area contributed by atoms with Gasteiger partial charge >= 0.3 is 6.36 Å². The Labute approximate surface area is 151 Å². The zero-order valence-corrected chi connectivity index (χ0v) is 15.4. The Kier molecular flexibility index (Phi) is 6.89. The Hall–Kier alpha value is -1.36. The zero-order chi connectivity index (χ0) is 19.4. The number of hydrogen-bond acceptors (Lipinski definition) is 5. The van der Waals surface area contributed by atoms with Crippen molar-refractivity contribution >= 4 is 10.0 Å². The molecule has 2 atom stereocenters. The Morgan fingerprint density at radius 1 is 1.27 bits per heavy atom. The van der Waals surface area contributed by atoms with Crippen molar-refractivity contribution in [1.82, 2.24) is 9.62 Å². The molecular formula is C16H23F3N2O4S. The number of hydrogen-bond donors (Lipinski definition) is 1. The van der Waals surface area contributed by atoms with Gasteiger partial charge < -0.3 is 9.47 Å². The Morgan fingerprint density at radius 3 is 2.54 bits per heavy atom. The molecule has 1 aromatic rings. The molecule has 1 heterocycles. The number of sulfonamides is 1. The molecule has 1 N–H and O–H groups in total. The fraction of sp³-hybridized carbons (Fsp3) is 0.625. The van der Waals surface area contributed by atoms with Gasteiger partial charge in [0.15, 0.2) is 0 Å². The molecule has 0 spiro atoms. The Bertz CT molecular complexity index is 687. The van der Waals surface area contributed by atoms with E-state index in [9.17, 15) is 21.6 Å². The molecule has 0 bridgehead atoms. The van der Waals surface area contributed by atoms with Gasteiger partial charge in [-0.3, -0.25) is 4.90 Å². The van der Waals surface area contributed by atoms with E-state index in [2.05, 4.69) is 14.4 Å². The molecule has 0 amide bonds. The van der Waals surface area contributed by atoms with Crippen molar-refractivity contribution < 1.29 is 31.1 Å². The largest absolute Gasteiger partial charge is 0.573 e. The van der Waals surface area contributed by atoms with Crippen LogP contribution in [0.1, 0.15) is 20.3 Å². The van der Waals surface area contributed by atoms with E-state index >= 15 is 0 Å². The number of nitrogens with zero attached hydrogens (tertiary/aromatic N) is 1. The van der Waals surface area contributed by atoms with E-state index in [4.69, 9.17) is 4.74 Å². The van der Waals surface area contributed by atoms with Crippen LogP contribution in [0.25, 0.3) is 0 Å². The SMILES string of the molecule is CC1CN(CCCNS(=O)(=O)c2cccc(OC(F)(F)F)c2)CC(C)O1. The Morgan fingerprint density at radius 2 is 1.92 bits per heavy atom. The van der Waals surface area contributed by atoms with Gasteiger partial charge in [-0.15, -0.1) is 13.2 Å². The third-order valence-electron chi connectivity index (χ3n) is 3.79. The average molecular weight is 396 g/mol. The van der Waals surface area contributed by atoms with Crippen LogP contribution in [0.5, 0.6) is 5.75 Å². The van der Waals surface area contributed by atoms with Crippen LogP contribution in [-0.4, -0.2) is 58.1 Å². The van der Waals surface area contributed by atoms with Crippen LogP contribution >= 0.6 is 0 Å². The number of nitrogens with one attached hydrogen (secondary N) is 1. The van der Waals surface area contributed by atoms with Crippen LogP contribution < -0.4 is 9.46 Å². The van der Waals surface area contributed by atoms with Gasteiger partial charge in [-0.25, -0.2) is 13.1 Å². The lowest BCUT2D eigenvalue weighted by Gasteiger charge is -2.35. The first-order chi connectivity index (χ1) is 12.0. The number of morpholine rings is 1. The summed E-state index contributed by atoms with van der Waals surface area (Å²) in [5.74, 6) is -0.573. The molecule has 2 unspecified atom stereocenters. The van der Waals surface area contributed by atoms with E-state index in [1.165, 1.54) is 12.1 Å². The lowest BCUT2D eigenvalue weighted by molar-refractivity contribution is -0.274. The monoisotopic (exact) mass is 396 g/mol. The van der Waals surface area contributed by atoms with Crippen LogP contribution in [0.4, 0.5) is 13.2 Å². The first kappa shape index (κ1) is 20.9. The smallest absolute Gasteiger partial charge is 0.406 e. The van der Waals surface area contributed by atoms with Crippen molar-refractivity contribution in [2.45, 2.75) is 43.7 Å². The highest BCUT2D eigenvalue weighted by molar-refractivity contribution is 7.89. The van der Waals surface area contributed by atoms with Gasteiger partial charge in [0, 0.05) is 25.7 Å². The predicted molar refractivity (Wildman–Crippen MR) is 89.4 cm³/mol. The van der Waals surface area contributed by atoms with Crippen LogP contribution in [-0.2, 0) is 14.8 Å². The topological polar surface area (TPSA) is 67.9 Å². The normalized spacial score (nSPS) is 22.3. The van der Waals surface area contributed by atoms with E-state index in [1.807, 2.05) is 13.8 Å². The number of halogens is 3. The van der Waals surface area contributed by atoms with Gasteiger partial charge in [-0.1, -0.05) is 6.07 Å². The molecule has 0 aliphatic carbocycles. The molecule has 2 rings (SSSR count). The molecule has 148 valence electrons. The summed E-state index contributed by atoms with van der Waals surface area (Å²) in [5.41, 5.74) is 0. The van der Waals surface area contributed by atoms with E-state index in [0.717, 1.165) is 25.2 Å². The van der Waals surface area contributed by atoms with Gasteiger partial charge in [-0.2, -0.15) is 0 Å².